The van der Waals surface area contributed by atoms with Gasteiger partial charge in [-0.1, -0.05) is 25.5 Å². The Kier molecular flexibility index (Phi) is 6.95. The van der Waals surface area contributed by atoms with Crippen LogP contribution >= 0.6 is 0 Å². The van der Waals surface area contributed by atoms with E-state index in [1.807, 2.05) is 12.2 Å². The van der Waals surface area contributed by atoms with Crippen molar-refractivity contribution in [3.05, 3.63) is 24.3 Å². The fraction of sp³-hybridized carbons (Fsp3) is 0.412. The molecular weight excluding hydrogens is 342 g/mol. The van der Waals surface area contributed by atoms with E-state index in [0.717, 1.165) is 12.8 Å². The maximum atomic E-state index is 11.9. The van der Waals surface area contributed by atoms with Crippen molar-refractivity contribution in [1.82, 2.24) is 10.6 Å². The quantitative estimate of drug-likeness (QED) is 0.489. The predicted octanol–water partition coefficient (Wildman–Crippen LogP) is 0.945. The van der Waals surface area contributed by atoms with Crippen molar-refractivity contribution in [3.63, 3.8) is 0 Å². The summed E-state index contributed by atoms with van der Waals surface area (Å²) in [7, 11) is 0. The number of urea groups is 1. The molecule has 1 aliphatic rings. The second-order valence-corrected chi connectivity index (χ2v) is 5.61. The van der Waals surface area contributed by atoms with Crippen LogP contribution in [0.4, 0.5) is 10.5 Å². The van der Waals surface area contributed by atoms with E-state index < -0.39 is 36.5 Å². The zero-order chi connectivity index (χ0) is 18.9. The highest BCUT2D eigenvalue weighted by molar-refractivity contribution is 6.00. The first kappa shape index (κ1) is 19.2. The zero-order valence-corrected chi connectivity index (χ0v) is 14.4. The number of fused-ring (bicyclic) bond motifs is 1. The molecule has 0 aliphatic carbocycles. The Hall–Kier alpha value is -3.10. The smallest absolute Gasteiger partial charge is 0.321 e. The first-order chi connectivity index (χ1) is 12.5. The summed E-state index contributed by atoms with van der Waals surface area (Å²) in [6.07, 6.45) is 0.310. The van der Waals surface area contributed by atoms with Gasteiger partial charge in [-0.05, 0) is 18.6 Å². The molecular formula is C17H21N3O6. The van der Waals surface area contributed by atoms with Gasteiger partial charge < -0.3 is 20.1 Å². The molecule has 4 amide bonds. The highest BCUT2D eigenvalue weighted by atomic mass is 16.5. The molecule has 0 fully saturated rings. The molecule has 3 N–H and O–H groups in total. The molecule has 0 saturated carbocycles. The van der Waals surface area contributed by atoms with Crippen LogP contribution in [0.25, 0.3) is 0 Å². The van der Waals surface area contributed by atoms with Gasteiger partial charge in [-0.15, -0.1) is 0 Å². The number of amides is 4. The van der Waals surface area contributed by atoms with Gasteiger partial charge in [0.05, 0.1) is 12.1 Å². The minimum atomic E-state index is -1.04. The van der Waals surface area contributed by atoms with Gasteiger partial charge in [-0.3, -0.25) is 19.7 Å². The fourth-order valence-electron chi connectivity index (χ4n) is 2.17. The number of hydrogen-bond donors (Lipinski definition) is 3. The Morgan fingerprint density at radius 1 is 1.27 bits per heavy atom. The molecule has 1 atom stereocenters. The minimum Gasteiger partial charge on any atom is -0.478 e. The molecule has 1 heterocycles. The van der Waals surface area contributed by atoms with Gasteiger partial charge in [-0.25, -0.2) is 4.79 Å². The van der Waals surface area contributed by atoms with Crippen molar-refractivity contribution >= 4 is 29.5 Å². The maximum Gasteiger partial charge on any atom is 0.321 e. The Morgan fingerprint density at radius 3 is 2.81 bits per heavy atom. The van der Waals surface area contributed by atoms with Crippen LogP contribution in [0.3, 0.4) is 0 Å². The van der Waals surface area contributed by atoms with Crippen LogP contribution in [0, 0.1) is 0 Å². The molecule has 0 saturated heterocycles. The molecule has 0 aromatic heterocycles. The number of unbranched alkanes of at least 4 members (excludes halogenated alkanes) is 1. The van der Waals surface area contributed by atoms with Crippen LogP contribution in [0.15, 0.2) is 24.3 Å². The Bertz CT molecular complexity index is 691. The SMILES string of the molecule is CCCCNC(=O)NC(=O)COC(=O)C[C@@H]1Oc2ccccc2NC1=O. The summed E-state index contributed by atoms with van der Waals surface area (Å²) in [5.41, 5.74) is 0.524. The maximum absolute atomic E-state index is 11.9. The number of imide groups is 1. The number of esters is 1. The van der Waals surface area contributed by atoms with Gasteiger partial charge in [-0.2, -0.15) is 0 Å². The van der Waals surface area contributed by atoms with Gasteiger partial charge in [0.1, 0.15) is 5.75 Å². The standard InChI is InChI=1S/C17H21N3O6/c1-2-3-8-18-17(24)20-14(21)10-25-15(22)9-13-16(23)19-11-6-4-5-7-12(11)26-13/h4-7,13H,2-3,8-10H2,1H3,(H,19,23)(H2,18,20,21,24)/t13-/m0/s1. The van der Waals surface area contributed by atoms with E-state index in [0.29, 0.717) is 18.0 Å². The number of benzene rings is 1. The van der Waals surface area contributed by atoms with E-state index in [4.69, 9.17) is 9.47 Å². The molecule has 0 bridgehead atoms. The Labute approximate surface area is 150 Å². The number of anilines is 1. The zero-order valence-electron chi connectivity index (χ0n) is 14.4. The van der Waals surface area contributed by atoms with E-state index in [2.05, 4.69) is 10.6 Å². The van der Waals surface area contributed by atoms with Crippen LogP contribution in [0.1, 0.15) is 26.2 Å². The van der Waals surface area contributed by atoms with Crippen LogP contribution < -0.4 is 20.7 Å². The van der Waals surface area contributed by atoms with E-state index >= 15 is 0 Å². The lowest BCUT2D eigenvalue weighted by Crippen LogP contribution is -2.42. The summed E-state index contributed by atoms with van der Waals surface area (Å²) in [4.78, 5) is 46.7. The Balaban J connectivity index is 1.72. The van der Waals surface area contributed by atoms with Crippen molar-refractivity contribution < 1.29 is 28.7 Å². The lowest BCUT2D eigenvalue weighted by molar-refractivity contribution is -0.151. The highest BCUT2D eigenvalue weighted by Gasteiger charge is 2.30. The van der Waals surface area contributed by atoms with Crippen molar-refractivity contribution in [1.29, 1.82) is 0 Å². The second-order valence-electron chi connectivity index (χ2n) is 5.61. The molecule has 9 heteroatoms. The van der Waals surface area contributed by atoms with E-state index in [1.165, 1.54) is 0 Å². The van der Waals surface area contributed by atoms with Gasteiger partial charge >= 0.3 is 12.0 Å². The summed E-state index contributed by atoms with van der Waals surface area (Å²) < 4.78 is 10.2. The molecule has 2 rings (SSSR count). The number of carbonyl (C=O) groups excluding carboxylic acids is 4. The summed E-state index contributed by atoms with van der Waals surface area (Å²) in [5.74, 6) is -1.57. The lowest BCUT2D eigenvalue weighted by Gasteiger charge is -2.25. The Morgan fingerprint density at radius 2 is 2.04 bits per heavy atom. The third-order valence-corrected chi connectivity index (χ3v) is 3.49. The van der Waals surface area contributed by atoms with Crippen molar-refractivity contribution in [2.24, 2.45) is 0 Å². The van der Waals surface area contributed by atoms with Crippen LogP contribution in [-0.2, 0) is 19.1 Å². The van der Waals surface area contributed by atoms with Crippen LogP contribution in [-0.4, -0.2) is 43.1 Å². The molecule has 1 aromatic rings. The average Bonchev–Trinajstić information content (AvgIpc) is 2.61. The third-order valence-electron chi connectivity index (χ3n) is 3.49. The molecule has 1 aromatic carbocycles. The van der Waals surface area contributed by atoms with Gasteiger partial charge in [0, 0.05) is 6.54 Å². The first-order valence-corrected chi connectivity index (χ1v) is 8.29. The van der Waals surface area contributed by atoms with E-state index in [9.17, 15) is 19.2 Å². The minimum absolute atomic E-state index is 0.351. The van der Waals surface area contributed by atoms with Crippen LogP contribution in [0.5, 0.6) is 5.75 Å². The van der Waals surface area contributed by atoms with E-state index in [-0.39, 0.29) is 6.42 Å². The third kappa shape index (κ3) is 5.76. The summed E-state index contributed by atoms with van der Waals surface area (Å²) in [6, 6.07) is 6.18. The monoisotopic (exact) mass is 363 g/mol. The van der Waals surface area contributed by atoms with Gasteiger partial charge in [0.25, 0.3) is 11.8 Å². The summed E-state index contributed by atoms with van der Waals surface area (Å²) in [6.45, 7) is 1.80. The number of ether oxygens (including phenoxy) is 2. The summed E-state index contributed by atoms with van der Waals surface area (Å²) in [5, 5.41) is 7.17. The normalized spacial score (nSPS) is 15.1. The lowest BCUT2D eigenvalue weighted by atomic mass is 10.1. The number of rotatable bonds is 7. The molecule has 0 unspecified atom stereocenters. The van der Waals surface area contributed by atoms with Crippen molar-refractivity contribution in [2.45, 2.75) is 32.3 Å². The molecule has 1 aliphatic heterocycles. The number of hydrogen-bond acceptors (Lipinski definition) is 6. The molecule has 26 heavy (non-hydrogen) atoms. The topological polar surface area (TPSA) is 123 Å². The number of nitrogens with one attached hydrogen (secondary N) is 3. The predicted molar refractivity (Wildman–Crippen MR) is 91.5 cm³/mol. The van der Waals surface area contributed by atoms with Crippen molar-refractivity contribution in [3.8, 4) is 5.75 Å². The fourth-order valence-corrected chi connectivity index (χ4v) is 2.17. The molecule has 0 spiro atoms. The number of carbonyl (C=O) groups is 4. The molecule has 9 nitrogen and oxygen atoms in total. The average molecular weight is 363 g/mol. The van der Waals surface area contributed by atoms with Gasteiger partial charge in [0.2, 0.25) is 0 Å². The van der Waals surface area contributed by atoms with Crippen LogP contribution in [0.2, 0.25) is 0 Å². The molecule has 0 radical (unpaired) electrons. The molecule has 140 valence electrons. The number of para-hydroxylation sites is 2. The highest BCUT2D eigenvalue weighted by Crippen LogP contribution is 2.29. The first-order valence-electron chi connectivity index (χ1n) is 8.29. The second kappa shape index (κ2) is 9.40. The van der Waals surface area contributed by atoms with E-state index in [1.54, 1.807) is 24.3 Å². The van der Waals surface area contributed by atoms with Gasteiger partial charge in [0.15, 0.2) is 12.7 Å². The largest absolute Gasteiger partial charge is 0.478 e. The van der Waals surface area contributed by atoms with Crippen molar-refractivity contribution in [2.75, 3.05) is 18.5 Å². The summed E-state index contributed by atoms with van der Waals surface area (Å²) >= 11 is 0.